The van der Waals surface area contributed by atoms with Crippen molar-refractivity contribution in [3.05, 3.63) is 92.8 Å². The Labute approximate surface area is 209 Å². The normalized spacial score (nSPS) is 14.5. The van der Waals surface area contributed by atoms with Crippen molar-refractivity contribution in [1.82, 2.24) is 5.32 Å². The number of halogens is 3. The van der Waals surface area contributed by atoms with Crippen molar-refractivity contribution in [2.45, 2.75) is 13.5 Å². The molecule has 4 rings (SSSR count). The van der Waals surface area contributed by atoms with Crippen LogP contribution in [0.2, 0.25) is 5.02 Å². The first-order chi connectivity index (χ1) is 16.4. The van der Waals surface area contributed by atoms with Crippen molar-refractivity contribution in [3.63, 3.8) is 0 Å². The van der Waals surface area contributed by atoms with Crippen molar-refractivity contribution in [3.8, 4) is 11.5 Å². The zero-order valence-electron chi connectivity index (χ0n) is 18.0. The molecule has 1 fully saturated rings. The van der Waals surface area contributed by atoms with Gasteiger partial charge in [-0.05, 0) is 61.0 Å². The number of nitrogens with zero attached hydrogens (tertiary/aromatic N) is 1. The van der Waals surface area contributed by atoms with Crippen LogP contribution in [0.3, 0.4) is 0 Å². The van der Waals surface area contributed by atoms with Crippen LogP contribution in [0.25, 0.3) is 6.08 Å². The van der Waals surface area contributed by atoms with E-state index in [1.807, 2.05) is 6.92 Å². The first-order valence-electron chi connectivity index (χ1n) is 10.3. The highest BCUT2D eigenvalue weighted by Crippen LogP contribution is 2.36. The number of hydrogen-bond acceptors (Lipinski definition) is 4. The smallest absolute Gasteiger partial charge is 0.333 e. The molecule has 6 nitrogen and oxygen atoms in total. The molecule has 1 aliphatic rings. The maximum absolute atomic E-state index is 13.9. The number of imide groups is 1. The van der Waals surface area contributed by atoms with E-state index in [-0.39, 0.29) is 18.1 Å². The van der Waals surface area contributed by atoms with Gasteiger partial charge in [0.05, 0.1) is 12.3 Å². The predicted octanol–water partition coefficient (Wildman–Crippen LogP) is 6.32. The molecule has 0 spiro atoms. The van der Waals surface area contributed by atoms with Gasteiger partial charge in [0.15, 0.2) is 11.5 Å². The van der Waals surface area contributed by atoms with E-state index in [2.05, 4.69) is 21.2 Å². The molecule has 0 atom stereocenters. The van der Waals surface area contributed by atoms with E-state index in [1.165, 1.54) is 6.07 Å². The number of benzene rings is 3. The summed E-state index contributed by atoms with van der Waals surface area (Å²) in [5, 5.41) is 3.09. The summed E-state index contributed by atoms with van der Waals surface area (Å²) in [5.74, 6) is -0.0393. The van der Waals surface area contributed by atoms with Crippen LogP contribution >= 0.6 is 27.5 Å². The third-order valence-corrected chi connectivity index (χ3v) is 5.91. The summed E-state index contributed by atoms with van der Waals surface area (Å²) in [6.07, 6.45) is 1.55. The average Bonchev–Trinajstić information content (AvgIpc) is 3.09. The van der Waals surface area contributed by atoms with Crippen molar-refractivity contribution in [1.29, 1.82) is 0 Å². The number of urea groups is 1. The Morgan fingerprint density at radius 2 is 1.76 bits per heavy atom. The Bertz CT molecular complexity index is 1280. The Kier molecular flexibility index (Phi) is 7.19. The van der Waals surface area contributed by atoms with Crippen LogP contribution in [0.5, 0.6) is 11.5 Å². The Morgan fingerprint density at radius 1 is 1.06 bits per heavy atom. The zero-order valence-corrected chi connectivity index (χ0v) is 20.3. The number of nitrogens with one attached hydrogen (secondary N) is 1. The molecule has 0 aliphatic carbocycles. The molecule has 0 bridgehead atoms. The van der Waals surface area contributed by atoms with Gasteiger partial charge in [0.2, 0.25) is 0 Å². The number of hydrogen-bond donors (Lipinski definition) is 1. The summed E-state index contributed by atoms with van der Waals surface area (Å²) in [4.78, 5) is 26.4. The number of anilines is 1. The van der Waals surface area contributed by atoms with Crippen LogP contribution in [0.1, 0.15) is 18.1 Å². The first-order valence-corrected chi connectivity index (χ1v) is 11.5. The van der Waals surface area contributed by atoms with Gasteiger partial charge in [-0.25, -0.2) is 14.1 Å². The van der Waals surface area contributed by atoms with Crippen LogP contribution in [0, 0.1) is 5.82 Å². The predicted molar refractivity (Wildman–Crippen MR) is 131 cm³/mol. The third-order valence-electron chi connectivity index (χ3n) is 4.97. The fourth-order valence-corrected chi connectivity index (χ4v) is 3.89. The highest BCUT2D eigenvalue weighted by Gasteiger charge is 2.35. The molecule has 9 heteroatoms. The van der Waals surface area contributed by atoms with Crippen LogP contribution in [-0.4, -0.2) is 18.5 Å². The van der Waals surface area contributed by atoms with Crippen LogP contribution in [0.15, 0.2) is 70.8 Å². The van der Waals surface area contributed by atoms with Crippen molar-refractivity contribution in [2.24, 2.45) is 0 Å². The maximum Gasteiger partial charge on any atom is 0.333 e. The average molecular weight is 546 g/mol. The molecular weight excluding hydrogens is 527 g/mol. The minimum atomic E-state index is -0.565. The summed E-state index contributed by atoms with van der Waals surface area (Å²) in [6.45, 7) is 2.21. The number of ether oxygens (including phenoxy) is 2. The lowest BCUT2D eigenvalue weighted by Gasteiger charge is -2.14. The van der Waals surface area contributed by atoms with Crippen LogP contribution in [-0.2, 0) is 11.4 Å². The summed E-state index contributed by atoms with van der Waals surface area (Å²) >= 11 is 9.38. The van der Waals surface area contributed by atoms with E-state index < -0.39 is 11.9 Å². The molecule has 1 saturated heterocycles. The zero-order chi connectivity index (χ0) is 24.2. The van der Waals surface area contributed by atoms with Crippen molar-refractivity contribution in [2.75, 3.05) is 11.5 Å². The van der Waals surface area contributed by atoms with Gasteiger partial charge in [-0.2, -0.15) is 0 Å². The van der Waals surface area contributed by atoms with Gasteiger partial charge in [-0.3, -0.25) is 4.79 Å². The second-order valence-electron chi connectivity index (χ2n) is 7.24. The number of carbonyl (C=O) groups is 2. The topological polar surface area (TPSA) is 67.9 Å². The lowest BCUT2D eigenvalue weighted by molar-refractivity contribution is -0.113. The van der Waals surface area contributed by atoms with E-state index in [1.54, 1.807) is 60.7 Å². The lowest BCUT2D eigenvalue weighted by Crippen LogP contribution is -2.30. The quantitative estimate of drug-likeness (QED) is 0.279. The Hall–Kier alpha value is -3.36. The van der Waals surface area contributed by atoms with Crippen LogP contribution < -0.4 is 19.7 Å². The standard InChI is InChI=1S/C25H19BrClFN2O4/c1-2-33-22-12-16(19(26)13-23(22)34-14-15-5-3-4-6-20(15)28)11-21-24(31)30(25(32)29-21)18-9-7-17(27)8-10-18/h3-13H,2,14H2,1H3,(H,29,32)/b21-11+. The molecule has 3 aromatic rings. The maximum atomic E-state index is 13.9. The Morgan fingerprint density at radius 3 is 2.47 bits per heavy atom. The molecule has 0 radical (unpaired) electrons. The third kappa shape index (κ3) is 5.08. The first kappa shape index (κ1) is 23.8. The van der Waals surface area contributed by atoms with Gasteiger partial charge in [0.1, 0.15) is 18.1 Å². The molecule has 34 heavy (non-hydrogen) atoms. The molecule has 1 heterocycles. The summed E-state index contributed by atoms with van der Waals surface area (Å²) in [7, 11) is 0. The van der Waals surface area contributed by atoms with Crippen molar-refractivity contribution < 1.29 is 23.5 Å². The molecule has 3 amide bonds. The van der Waals surface area contributed by atoms with Crippen molar-refractivity contribution >= 4 is 51.2 Å². The summed E-state index contributed by atoms with van der Waals surface area (Å²) in [6, 6.07) is 15.5. The molecule has 0 unspecified atom stereocenters. The molecule has 0 saturated carbocycles. The molecular formula is C25H19BrClFN2O4. The fourth-order valence-electron chi connectivity index (χ4n) is 3.33. The monoisotopic (exact) mass is 544 g/mol. The highest BCUT2D eigenvalue weighted by atomic mass is 79.9. The minimum Gasteiger partial charge on any atom is -0.490 e. The van der Waals surface area contributed by atoms with Gasteiger partial charge in [0.25, 0.3) is 5.91 Å². The number of rotatable bonds is 7. The second kappa shape index (κ2) is 10.3. The molecule has 1 aliphatic heterocycles. The minimum absolute atomic E-state index is 0.0181. The van der Waals surface area contributed by atoms with E-state index in [9.17, 15) is 14.0 Å². The summed E-state index contributed by atoms with van der Waals surface area (Å²) < 4.78 is 26.1. The van der Waals surface area contributed by atoms with Gasteiger partial charge >= 0.3 is 6.03 Å². The molecule has 174 valence electrons. The van der Waals surface area contributed by atoms with Gasteiger partial charge in [-0.15, -0.1) is 0 Å². The van der Waals surface area contributed by atoms with E-state index in [4.69, 9.17) is 21.1 Å². The molecule has 1 N–H and O–H groups in total. The summed E-state index contributed by atoms with van der Waals surface area (Å²) in [5.41, 5.74) is 1.50. The van der Waals surface area contributed by atoms with E-state index in [0.717, 1.165) is 4.90 Å². The second-order valence-corrected chi connectivity index (χ2v) is 8.53. The van der Waals surface area contributed by atoms with E-state index >= 15 is 0 Å². The van der Waals surface area contributed by atoms with Gasteiger partial charge in [-0.1, -0.05) is 45.7 Å². The SMILES string of the molecule is CCOc1cc(/C=C2/NC(=O)N(c3ccc(Cl)cc3)C2=O)c(Br)cc1OCc1ccccc1F. The molecule has 3 aromatic carbocycles. The highest BCUT2D eigenvalue weighted by molar-refractivity contribution is 9.10. The number of amides is 3. The molecule has 0 aromatic heterocycles. The van der Waals surface area contributed by atoms with E-state index in [0.29, 0.717) is 44.4 Å². The van der Waals surface area contributed by atoms with Gasteiger partial charge < -0.3 is 14.8 Å². The van der Waals surface area contributed by atoms with Crippen LogP contribution in [0.4, 0.5) is 14.9 Å². The lowest BCUT2D eigenvalue weighted by atomic mass is 10.1. The number of carbonyl (C=O) groups excluding carboxylic acids is 2. The largest absolute Gasteiger partial charge is 0.490 e. The Balaban J connectivity index is 1.61. The van der Waals surface area contributed by atoms with Gasteiger partial charge in [0, 0.05) is 15.1 Å². The fraction of sp³-hybridized carbons (Fsp3) is 0.120.